The Balaban J connectivity index is 2.86. The molecule has 1 aliphatic rings. The van der Waals surface area contributed by atoms with Crippen molar-refractivity contribution < 1.29 is 4.43 Å². The molecule has 1 rings (SSSR count). The molecule has 0 amide bonds. The summed E-state index contributed by atoms with van der Waals surface area (Å²) in [7, 11) is -1.77. The molecule has 17 heavy (non-hydrogen) atoms. The van der Waals surface area contributed by atoms with E-state index >= 15 is 0 Å². The van der Waals surface area contributed by atoms with Crippen LogP contribution in [0.1, 0.15) is 53.4 Å². The molecule has 0 aliphatic heterocycles. The summed E-state index contributed by atoms with van der Waals surface area (Å²) in [5, 5.41) is 0.226. The van der Waals surface area contributed by atoms with Gasteiger partial charge in [0.25, 0.3) is 0 Å². The molecule has 98 valence electrons. The van der Waals surface area contributed by atoms with Crippen LogP contribution < -0.4 is 0 Å². The van der Waals surface area contributed by atoms with Gasteiger partial charge in [-0.1, -0.05) is 39.5 Å². The molecule has 0 aromatic carbocycles. The average molecular weight is 252 g/mol. The van der Waals surface area contributed by atoms with Crippen molar-refractivity contribution in [3.8, 4) is 12.3 Å². The van der Waals surface area contributed by atoms with E-state index in [0.717, 1.165) is 0 Å². The van der Waals surface area contributed by atoms with Crippen LogP contribution in [-0.4, -0.2) is 13.9 Å². The first-order chi connectivity index (χ1) is 7.62. The minimum Gasteiger partial charge on any atom is -0.401 e. The van der Waals surface area contributed by atoms with Crippen LogP contribution in [0, 0.1) is 18.3 Å². The van der Waals surface area contributed by atoms with E-state index in [4.69, 9.17) is 10.8 Å². The third kappa shape index (κ3) is 3.14. The minimum atomic E-state index is -1.77. The third-order valence-corrected chi connectivity index (χ3v) is 9.24. The van der Waals surface area contributed by atoms with Gasteiger partial charge in [-0.3, -0.25) is 0 Å². The number of rotatable bonds is 3. The molecule has 1 atom stereocenters. The van der Waals surface area contributed by atoms with E-state index in [0.29, 0.717) is 5.92 Å². The van der Waals surface area contributed by atoms with Crippen molar-refractivity contribution in [3.05, 3.63) is 0 Å². The average Bonchev–Trinajstić information content (AvgIpc) is 2.68. The molecule has 0 N–H and O–H groups in total. The summed E-state index contributed by atoms with van der Waals surface area (Å²) in [4.78, 5) is 0. The van der Waals surface area contributed by atoms with E-state index in [2.05, 4.69) is 46.7 Å². The highest BCUT2D eigenvalue weighted by atomic mass is 28.4. The van der Waals surface area contributed by atoms with Gasteiger partial charge in [-0.25, -0.2) is 0 Å². The Hall–Kier alpha value is -0.263. The van der Waals surface area contributed by atoms with E-state index in [-0.39, 0.29) is 10.6 Å². The molecule has 1 nitrogen and oxygen atoms in total. The van der Waals surface area contributed by atoms with Gasteiger partial charge < -0.3 is 4.43 Å². The van der Waals surface area contributed by atoms with Gasteiger partial charge in [-0.2, -0.15) is 0 Å². The molecular formula is C15H28OSi. The Bertz CT molecular complexity index is 302. The minimum absolute atomic E-state index is 0.226. The van der Waals surface area contributed by atoms with Crippen LogP contribution in [0.3, 0.4) is 0 Å². The second-order valence-corrected chi connectivity index (χ2v) is 11.8. The van der Waals surface area contributed by atoms with Crippen LogP contribution in [0.25, 0.3) is 0 Å². The van der Waals surface area contributed by atoms with Crippen LogP contribution in [0.2, 0.25) is 18.1 Å². The molecule has 2 heteroatoms. The Morgan fingerprint density at radius 3 is 1.94 bits per heavy atom. The fourth-order valence-corrected chi connectivity index (χ4v) is 3.98. The number of hydrogen-bond acceptors (Lipinski definition) is 1. The Labute approximate surface area is 108 Å². The smallest absolute Gasteiger partial charge is 0.194 e. The quantitative estimate of drug-likeness (QED) is 0.527. The van der Waals surface area contributed by atoms with Gasteiger partial charge >= 0.3 is 0 Å². The van der Waals surface area contributed by atoms with Gasteiger partial charge in [-0.05, 0) is 43.8 Å². The van der Waals surface area contributed by atoms with E-state index < -0.39 is 8.32 Å². The van der Waals surface area contributed by atoms with Gasteiger partial charge in [-0.15, -0.1) is 6.42 Å². The largest absolute Gasteiger partial charge is 0.401 e. The highest BCUT2D eigenvalue weighted by Crippen LogP contribution is 2.43. The van der Waals surface area contributed by atoms with Crippen LogP contribution in [0.15, 0.2) is 0 Å². The summed E-state index contributed by atoms with van der Waals surface area (Å²) >= 11 is 0. The highest BCUT2D eigenvalue weighted by molar-refractivity contribution is 6.74. The molecule has 0 radical (unpaired) electrons. The molecule has 0 spiro atoms. The Morgan fingerprint density at radius 1 is 1.12 bits per heavy atom. The zero-order chi connectivity index (χ0) is 13.3. The van der Waals surface area contributed by atoms with Crippen molar-refractivity contribution >= 4 is 8.32 Å². The van der Waals surface area contributed by atoms with Crippen LogP contribution in [0.5, 0.6) is 0 Å². The lowest BCUT2D eigenvalue weighted by atomic mass is 9.89. The standard InChI is InChI=1S/C15H28OSi/c1-8-15(5,13-11-9-10-12-13)16-17(6,7)14(2,3)4/h1,13H,9-12H2,2-7H3. The van der Waals surface area contributed by atoms with E-state index in [9.17, 15) is 0 Å². The first kappa shape index (κ1) is 14.8. The molecule has 1 aliphatic carbocycles. The van der Waals surface area contributed by atoms with Crippen LogP contribution in [0.4, 0.5) is 0 Å². The van der Waals surface area contributed by atoms with Crippen molar-refractivity contribution in [1.29, 1.82) is 0 Å². The maximum Gasteiger partial charge on any atom is 0.194 e. The molecule has 1 unspecified atom stereocenters. The summed E-state index contributed by atoms with van der Waals surface area (Å²) < 4.78 is 6.53. The lowest BCUT2D eigenvalue weighted by Crippen LogP contribution is -2.50. The fourth-order valence-electron chi connectivity index (χ4n) is 2.39. The molecule has 1 saturated carbocycles. The maximum absolute atomic E-state index is 6.53. The molecule has 0 aromatic heterocycles. The summed E-state index contributed by atoms with van der Waals surface area (Å²) in [6, 6.07) is 0. The fraction of sp³-hybridized carbons (Fsp3) is 0.867. The van der Waals surface area contributed by atoms with Crippen molar-refractivity contribution in [2.24, 2.45) is 5.92 Å². The van der Waals surface area contributed by atoms with Crippen LogP contribution >= 0.6 is 0 Å². The topological polar surface area (TPSA) is 9.23 Å². The zero-order valence-electron chi connectivity index (χ0n) is 12.4. The van der Waals surface area contributed by atoms with E-state index in [1.165, 1.54) is 25.7 Å². The van der Waals surface area contributed by atoms with Crippen LogP contribution in [-0.2, 0) is 4.43 Å². The number of hydrogen-bond donors (Lipinski definition) is 0. The van der Waals surface area contributed by atoms with Gasteiger partial charge in [0.1, 0.15) is 5.60 Å². The molecule has 0 saturated heterocycles. The van der Waals surface area contributed by atoms with Gasteiger partial charge in [0, 0.05) is 0 Å². The van der Waals surface area contributed by atoms with Crippen molar-refractivity contribution in [2.75, 3.05) is 0 Å². The normalized spacial score (nSPS) is 22.2. The summed E-state index contributed by atoms with van der Waals surface area (Å²) in [5.41, 5.74) is -0.348. The SMILES string of the molecule is C#CC(C)(O[Si](C)(C)C(C)(C)C)C1CCCC1. The maximum atomic E-state index is 6.53. The predicted molar refractivity (Wildman–Crippen MR) is 77.5 cm³/mol. The van der Waals surface area contributed by atoms with E-state index in [1.54, 1.807) is 0 Å². The van der Waals surface area contributed by atoms with Gasteiger partial charge in [0.2, 0.25) is 0 Å². The molecule has 0 bridgehead atoms. The second-order valence-electron chi connectivity index (χ2n) is 7.10. The first-order valence-corrected chi connectivity index (χ1v) is 9.71. The second kappa shape index (κ2) is 4.78. The summed E-state index contributed by atoms with van der Waals surface area (Å²) in [6.07, 6.45) is 10.9. The molecule has 1 fully saturated rings. The van der Waals surface area contributed by atoms with Gasteiger partial charge in [0.05, 0.1) is 0 Å². The van der Waals surface area contributed by atoms with E-state index in [1.807, 2.05) is 0 Å². The third-order valence-electron chi connectivity index (χ3n) is 4.69. The molecule has 0 heterocycles. The van der Waals surface area contributed by atoms with Gasteiger partial charge in [0.15, 0.2) is 8.32 Å². The summed E-state index contributed by atoms with van der Waals surface area (Å²) in [6.45, 7) is 13.5. The monoisotopic (exact) mass is 252 g/mol. The zero-order valence-corrected chi connectivity index (χ0v) is 13.4. The predicted octanol–water partition coefficient (Wildman–Crippen LogP) is 4.59. The Kier molecular flexibility index (Phi) is 4.16. The Morgan fingerprint density at radius 2 is 1.59 bits per heavy atom. The number of terminal acetylenes is 1. The molecule has 0 aromatic rings. The lowest BCUT2D eigenvalue weighted by molar-refractivity contribution is 0.0700. The van der Waals surface area contributed by atoms with Crippen molar-refractivity contribution in [1.82, 2.24) is 0 Å². The molecular weight excluding hydrogens is 224 g/mol. The van der Waals surface area contributed by atoms with Crippen molar-refractivity contribution in [2.45, 2.75) is 77.1 Å². The highest BCUT2D eigenvalue weighted by Gasteiger charge is 2.45. The summed E-state index contributed by atoms with van der Waals surface area (Å²) in [5.74, 6) is 3.52. The first-order valence-electron chi connectivity index (χ1n) is 6.80. The lowest BCUT2D eigenvalue weighted by Gasteiger charge is -2.44. The van der Waals surface area contributed by atoms with Crippen molar-refractivity contribution in [3.63, 3.8) is 0 Å².